The van der Waals surface area contributed by atoms with E-state index in [0.717, 1.165) is 0 Å². The molecule has 0 saturated carbocycles. The molecule has 0 saturated heterocycles. The zero-order valence-corrected chi connectivity index (χ0v) is 16.8. The van der Waals surface area contributed by atoms with Gasteiger partial charge >= 0.3 is 5.97 Å². The van der Waals surface area contributed by atoms with Gasteiger partial charge in [-0.1, -0.05) is 35.9 Å². The molecule has 0 radical (unpaired) electrons. The zero-order chi connectivity index (χ0) is 20.9. The molecule has 0 amide bonds. The molecule has 3 atom stereocenters. The summed E-state index contributed by atoms with van der Waals surface area (Å²) in [6.07, 6.45) is -0.631. The molecule has 8 heteroatoms. The molecule has 0 spiro atoms. The molecule has 3 rings (SSSR count). The first kappa shape index (κ1) is 21.2. The van der Waals surface area contributed by atoms with Crippen LogP contribution < -0.4 is 19.5 Å². The average Bonchev–Trinajstić information content (AvgIpc) is 2.71. The number of nitrogens with one attached hydrogen (secondary N) is 1. The summed E-state index contributed by atoms with van der Waals surface area (Å²) in [4.78, 5) is 11.9. The molecular weight excluding hydrogens is 398 g/mol. The highest BCUT2D eigenvalue weighted by Crippen LogP contribution is 2.37. The molecule has 0 aromatic heterocycles. The summed E-state index contributed by atoms with van der Waals surface area (Å²) in [5, 5.41) is 23.5. The molecule has 0 unspecified atom stereocenters. The number of benzene rings is 2. The Morgan fingerprint density at radius 1 is 1.24 bits per heavy atom. The molecule has 156 valence electrons. The molecular formula is C21H24ClNO6. The number of carboxylic acids is 1. The van der Waals surface area contributed by atoms with Gasteiger partial charge in [-0.05, 0) is 31.2 Å². The highest BCUT2D eigenvalue weighted by Gasteiger charge is 2.46. The lowest BCUT2D eigenvalue weighted by molar-refractivity contribution is -0.162. The molecule has 1 aliphatic heterocycles. The van der Waals surface area contributed by atoms with Crippen LogP contribution in [0.1, 0.15) is 13.3 Å². The van der Waals surface area contributed by atoms with Gasteiger partial charge in [0.1, 0.15) is 25.1 Å². The van der Waals surface area contributed by atoms with Crippen LogP contribution in [0.3, 0.4) is 0 Å². The summed E-state index contributed by atoms with van der Waals surface area (Å²) in [5.74, 6) is 0.333. The van der Waals surface area contributed by atoms with Gasteiger partial charge in [0.05, 0.1) is 5.02 Å². The average molecular weight is 422 g/mol. The van der Waals surface area contributed by atoms with E-state index in [1.807, 2.05) is 6.92 Å². The Hall–Kier alpha value is -2.48. The maximum absolute atomic E-state index is 11.9. The molecule has 1 heterocycles. The van der Waals surface area contributed by atoms with Crippen LogP contribution in [0.2, 0.25) is 5.02 Å². The summed E-state index contributed by atoms with van der Waals surface area (Å²) >= 11 is 6.02. The van der Waals surface area contributed by atoms with Crippen LogP contribution in [0.5, 0.6) is 17.2 Å². The normalized spacial score (nSPS) is 20.0. The van der Waals surface area contributed by atoms with Crippen molar-refractivity contribution in [3.05, 3.63) is 53.6 Å². The van der Waals surface area contributed by atoms with Crippen LogP contribution in [-0.2, 0) is 4.79 Å². The van der Waals surface area contributed by atoms with Crippen molar-refractivity contribution in [2.75, 3.05) is 19.8 Å². The van der Waals surface area contributed by atoms with Crippen LogP contribution in [-0.4, -0.2) is 53.7 Å². The van der Waals surface area contributed by atoms with E-state index in [9.17, 15) is 15.0 Å². The van der Waals surface area contributed by atoms with E-state index in [1.54, 1.807) is 48.5 Å². The predicted molar refractivity (Wildman–Crippen MR) is 108 cm³/mol. The number of hydrogen-bond acceptors (Lipinski definition) is 6. The van der Waals surface area contributed by atoms with Gasteiger partial charge in [-0.25, -0.2) is 4.79 Å². The number of halogens is 1. The number of aliphatic carboxylic acids is 1. The Kier molecular flexibility index (Phi) is 6.84. The zero-order valence-electron chi connectivity index (χ0n) is 16.0. The number of ether oxygens (including phenoxy) is 3. The van der Waals surface area contributed by atoms with Crippen LogP contribution in [0, 0.1) is 0 Å². The number of para-hydroxylation sites is 3. The molecule has 0 aliphatic carbocycles. The van der Waals surface area contributed by atoms with Crippen LogP contribution >= 0.6 is 11.6 Å². The summed E-state index contributed by atoms with van der Waals surface area (Å²) < 4.78 is 16.9. The number of carboxylic acid groups (broad SMARTS) is 1. The van der Waals surface area contributed by atoms with Gasteiger partial charge < -0.3 is 29.7 Å². The van der Waals surface area contributed by atoms with E-state index in [2.05, 4.69) is 5.32 Å². The molecule has 1 aliphatic rings. The third kappa shape index (κ3) is 5.32. The molecule has 2 aromatic rings. The number of rotatable bonds is 9. The van der Waals surface area contributed by atoms with Gasteiger partial charge in [0.15, 0.2) is 11.5 Å². The van der Waals surface area contributed by atoms with Crippen molar-refractivity contribution in [3.8, 4) is 17.2 Å². The molecule has 3 N–H and O–H groups in total. The molecule has 0 fully saturated rings. The Morgan fingerprint density at radius 3 is 2.66 bits per heavy atom. The number of aliphatic hydroxyl groups excluding tert-OH is 1. The summed E-state index contributed by atoms with van der Waals surface area (Å²) in [6.45, 7) is 2.01. The second-order valence-electron chi connectivity index (χ2n) is 7.05. The van der Waals surface area contributed by atoms with Crippen molar-refractivity contribution >= 4 is 17.6 Å². The summed E-state index contributed by atoms with van der Waals surface area (Å²) in [7, 11) is 0. The monoisotopic (exact) mass is 421 g/mol. The standard InChI is InChI=1S/C21H24ClNO6/c1-14(23-11-15(24)12-27-17-7-3-2-6-16(17)22)10-21(20(25)26)13-28-18-8-4-5-9-19(18)29-21/h2-9,14-15,23-24H,10-13H2,1H3,(H,25,26)/t14-,15+,21-/m1/s1. The second-order valence-corrected chi connectivity index (χ2v) is 7.45. The first-order valence-electron chi connectivity index (χ1n) is 9.32. The van der Waals surface area contributed by atoms with Crippen molar-refractivity contribution in [3.63, 3.8) is 0 Å². The van der Waals surface area contributed by atoms with Gasteiger partial charge in [-0.15, -0.1) is 0 Å². The van der Waals surface area contributed by atoms with Gasteiger partial charge in [-0.2, -0.15) is 0 Å². The molecule has 2 aromatic carbocycles. The van der Waals surface area contributed by atoms with E-state index in [4.69, 9.17) is 25.8 Å². The van der Waals surface area contributed by atoms with Crippen molar-refractivity contribution in [1.29, 1.82) is 0 Å². The van der Waals surface area contributed by atoms with Crippen molar-refractivity contribution < 1.29 is 29.2 Å². The highest BCUT2D eigenvalue weighted by atomic mass is 35.5. The Morgan fingerprint density at radius 2 is 1.93 bits per heavy atom. The maximum Gasteiger partial charge on any atom is 0.351 e. The predicted octanol–water partition coefficient (Wildman–Crippen LogP) is 2.74. The van der Waals surface area contributed by atoms with Gasteiger partial charge in [0.2, 0.25) is 5.60 Å². The second kappa shape index (κ2) is 9.35. The Labute approximate surface area is 174 Å². The largest absolute Gasteiger partial charge is 0.489 e. The number of carbonyl (C=O) groups is 1. The molecule has 0 bridgehead atoms. The number of aliphatic hydroxyl groups is 1. The van der Waals surface area contributed by atoms with E-state index in [0.29, 0.717) is 22.3 Å². The maximum atomic E-state index is 11.9. The van der Waals surface area contributed by atoms with Crippen LogP contribution in [0.4, 0.5) is 0 Å². The SMILES string of the molecule is C[C@H](C[C@]1(C(=O)O)COc2ccccc2O1)NC[C@H](O)COc1ccccc1Cl. The lowest BCUT2D eigenvalue weighted by Gasteiger charge is -2.36. The highest BCUT2D eigenvalue weighted by molar-refractivity contribution is 6.32. The first-order valence-corrected chi connectivity index (χ1v) is 9.70. The molecule has 7 nitrogen and oxygen atoms in total. The van der Waals surface area contributed by atoms with Gasteiger partial charge in [0, 0.05) is 19.0 Å². The lowest BCUT2D eigenvalue weighted by Crippen LogP contribution is -2.55. The first-order chi connectivity index (χ1) is 13.9. The smallest absolute Gasteiger partial charge is 0.351 e. The Bertz CT molecular complexity index is 847. The van der Waals surface area contributed by atoms with Crippen molar-refractivity contribution in [1.82, 2.24) is 5.32 Å². The van der Waals surface area contributed by atoms with Crippen LogP contribution in [0.15, 0.2) is 48.5 Å². The topological polar surface area (TPSA) is 97.3 Å². The van der Waals surface area contributed by atoms with E-state index < -0.39 is 17.7 Å². The fourth-order valence-corrected chi connectivity index (χ4v) is 3.28. The number of fused-ring (bicyclic) bond motifs is 1. The van der Waals surface area contributed by atoms with E-state index >= 15 is 0 Å². The Balaban J connectivity index is 1.51. The van der Waals surface area contributed by atoms with E-state index in [1.165, 1.54) is 0 Å². The molecule has 29 heavy (non-hydrogen) atoms. The quantitative estimate of drug-likeness (QED) is 0.572. The van der Waals surface area contributed by atoms with Crippen molar-refractivity contribution in [2.24, 2.45) is 0 Å². The van der Waals surface area contributed by atoms with Gasteiger partial charge in [-0.3, -0.25) is 0 Å². The minimum Gasteiger partial charge on any atom is -0.489 e. The number of hydrogen-bond donors (Lipinski definition) is 3. The van der Waals surface area contributed by atoms with E-state index in [-0.39, 0.29) is 32.2 Å². The summed E-state index contributed by atoms with van der Waals surface area (Å²) in [5.41, 5.74) is -1.50. The van der Waals surface area contributed by atoms with Gasteiger partial charge in [0.25, 0.3) is 0 Å². The van der Waals surface area contributed by atoms with Crippen LogP contribution in [0.25, 0.3) is 0 Å². The third-order valence-electron chi connectivity index (χ3n) is 4.61. The minimum absolute atomic E-state index is 0.0561. The lowest BCUT2D eigenvalue weighted by atomic mass is 9.94. The third-order valence-corrected chi connectivity index (χ3v) is 4.92. The minimum atomic E-state index is -1.50. The summed E-state index contributed by atoms with van der Waals surface area (Å²) in [6, 6.07) is 13.7. The van der Waals surface area contributed by atoms with Crippen molar-refractivity contribution in [2.45, 2.75) is 31.1 Å². The fourth-order valence-electron chi connectivity index (χ4n) is 3.09. The fraction of sp³-hybridized carbons (Fsp3) is 0.381.